The molecule has 18 heavy (non-hydrogen) atoms. The number of halogens is 9. The molecule has 0 rings (SSSR count). The molecule has 0 aromatic rings. The third-order valence-electron chi connectivity index (χ3n) is 1.28. The third kappa shape index (κ3) is 3.46. The molecule has 2 N–H and O–H groups in total. The molecule has 0 aromatic heterocycles. The van der Waals surface area contributed by atoms with Crippen LogP contribution in [0.5, 0.6) is 0 Å². The monoisotopic (exact) mass is 435 g/mol. The standard InChI is InChI=1S/C4H2Br2F7NO3S/c5-1(7,8)2(6,9)17-3(10,11)4(12,13)18(14,15)16/h(H2,14,15,16). The van der Waals surface area contributed by atoms with Gasteiger partial charge in [-0.1, -0.05) is 0 Å². The van der Waals surface area contributed by atoms with E-state index in [-0.39, 0.29) is 0 Å². The van der Waals surface area contributed by atoms with Crippen molar-refractivity contribution in [2.45, 2.75) is 21.0 Å². The molecular formula is C4H2Br2F7NO3S. The molecule has 0 bridgehead atoms. The molecule has 4 nitrogen and oxygen atoms in total. The predicted octanol–water partition coefficient (Wildman–Crippen LogP) is 2.48. The molecule has 1 atom stereocenters. The molecular weight excluding hydrogens is 435 g/mol. The van der Waals surface area contributed by atoms with Crippen LogP contribution in [0, 0.1) is 0 Å². The Hall–Kier alpha value is 0.340. The van der Waals surface area contributed by atoms with Crippen molar-refractivity contribution in [3.63, 3.8) is 0 Å². The van der Waals surface area contributed by atoms with E-state index in [1.54, 1.807) is 0 Å². The maximum absolute atomic E-state index is 12.9. The van der Waals surface area contributed by atoms with E-state index in [1.807, 2.05) is 0 Å². The first kappa shape index (κ1) is 18.3. The second-order valence-corrected chi connectivity index (χ2v) is 6.31. The van der Waals surface area contributed by atoms with Gasteiger partial charge in [-0.25, -0.2) is 13.6 Å². The Morgan fingerprint density at radius 1 is 0.944 bits per heavy atom. The summed E-state index contributed by atoms with van der Waals surface area (Å²) in [6, 6.07) is 0. The second-order valence-electron chi connectivity index (χ2n) is 2.70. The molecule has 0 fully saturated rings. The number of rotatable bonds is 5. The van der Waals surface area contributed by atoms with Gasteiger partial charge in [0.1, 0.15) is 0 Å². The van der Waals surface area contributed by atoms with Crippen molar-refractivity contribution in [2.75, 3.05) is 0 Å². The molecule has 0 heterocycles. The molecule has 0 spiro atoms. The number of ether oxygens (including phenoxy) is 1. The summed E-state index contributed by atoms with van der Waals surface area (Å²) >= 11 is 2.49. The molecule has 110 valence electrons. The van der Waals surface area contributed by atoms with Gasteiger partial charge in [0.2, 0.25) is 0 Å². The largest absolute Gasteiger partial charge is 0.448 e. The number of nitrogens with two attached hydrogens (primary N) is 1. The van der Waals surface area contributed by atoms with Crippen molar-refractivity contribution in [2.24, 2.45) is 5.14 Å². The van der Waals surface area contributed by atoms with Crippen LogP contribution in [0.3, 0.4) is 0 Å². The summed E-state index contributed by atoms with van der Waals surface area (Å²) in [5.74, 6) is 0. The van der Waals surface area contributed by atoms with E-state index in [0.29, 0.717) is 0 Å². The quantitative estimate of drug-likeness (QED) is 0.531. The number of sulfonamides is 1. The molecule has 0 amide bonds. The van der Waals surface area contributed by atoms with Gasteiger partial charge >= 0.3 is 21.0 Å². The lowest BCUT2D eigenvalue weighted by molar-refractivity contribution is -0.375. The van der Waals surface area contributed by atoms with Crippen LogP contribution < -0.4 is 5.14 Å². The van der Waals surface area contributed by atoms with E-state index >= 15 is 0 Å². The van der Waals surface area contributed by atoms with Crippen molar-refractivity contribution < 1.29 is 43.9 Å². The first-order chi connectivity index (χ1) is 7.46. The van der Waals surface area contributed by atoms with Crippen LogP contribution in [0.25, 0.3) is 0 Å². The average Bonchev–Trinajstić information content (AvgIpc) is 1.96. The zero-order valence-electron chi connectivity index (χ0n) is 7.61. The van der Waals surface area contributed by atoms with E-state index in [2.05, 4.69) is 9.88 Å². The molecule has 0 aliphatic rings. The summed E-state index contributed by atoms with van der Waals surface area (Å²) in [6.07, 6.45) is -6.16. The Morgan fingerprint density at radius 2 is 1.28 bits per heavy atom. The average molecular weight is 437 g/mol. The van der Waals surface area contributed by atoms with Crippen LogP contribution in [0.15, 0.2) is 0 Å². The Labute approximate surface area is 112 Å². The van der Waals surface area contributed by atoms with Gasteiger partial charge in [-0.2, -0.15) is 30.7 Å². The first-order valence-corrected chi connectivity index (χ1v) is 6.51. The van der Waals surface area contributed by atoms with Crippen molar-refractivity contribution in [1.29, 1.82) is 0 Å². The van der Waals surface area contributed by atoms with Crippen molar-refractivity contribution in [3.05, 3.63) is 0 Å². The lowest BCUT2D eigenvalue weighted by atomic mass is 10.6. The van der Waals surface area contributed by atoms with Gasteiger partial charge in [0.05, 0.1) is 0 Å². The van der Waals surface area contributed by atoms with Crippen LogP contribution in [0.4, 0.5) is 30.7 Å². The minimum Gasteiger partial charge on any atom is -0.261 e. The summed E-state index contributed by atoms with van der Waals surface area (Å²) < 4.78 is 106. The minimum absolute atomic E-state index is 1.23. The minimum atomic E-state index is -6.23. The second kappa shape index (κ2) is 4.71. The maximum atomic E-state index is 12.9. The highest BCUT2D eigenvalue weighted by Gasteiger charge is 2.71. The first-order valence-electron chi connectivity index (χ1n) is 3.38. The molecule has 1 unspecified atom stereocenters. The Morgan fingerprint density at radius 3 is 1.50 bits per heavy atom. The third-order valence-corrected chi connectivity index (χ3v) is 3.94. The maximum Gasteiger partial charge on any atom is 0.448 e. The lowest BCUT2D eigenvalue weighted by Gasteiger charge is -2.31. The molecule has 0 aliphatic heterocycles. The highest BCUT2D eigenvalue weighted by molar-refractivity contribution is 9.12. The van der Waals surface area contributed by atoms with Gasteiger partial charge in [-0.3, -0.25) is 4.74 Å². The molecule has 0 aromatic carbocycles. The smallest absolute Gasteiger partial charge is 0.261 e. The van der Waals surface area contributed by atoms with E-state index in [4.69, 9.17) is 0 Å². The molecule has 0 aliphatic carbocycles. The molecule has 0 saturated heterocycles. The lowest BCUT2D eigenvalue weighted by Crippen LogP contribution is -2.56. The zero-order valence-corrected chi connectivity index (χ0v) is 11.6. The number of hydrogen-bond donors (Lipinski definition) is 1. The van der Waals surface area contributed by atoms with Crippen molar-refractivity contribution in [3.8, 4) is 0 Å². The zero-order chi connectivity index (χ0) is 15.2. The molecule has 14 heteroatoms. The Kier molecular flexibility index (Phi) is 4.80. The Bertz CT molecular complexity index is 419. The Balaban J connectivity index is 5.47. The molecule has 0 saturated carbocycles. The summed E-state index contributed by atoms with van der Waals surface area (Å²) in [5.41, 5.74) is 0. The summed E-state index contributed by atoms with van der Waals surface area (Å²) in [6.45, 7) is 0. The van der Waals surface area contributed by atoms with Gasteiger partial charge in [0.15, 0.2) is 0 Å². The fourth-order valence-corrected chi connectivity index (χ4v) is 1.10. The van der Waals surface area contributed by atoms with Crippen LogP contribution in [0.2, 0.25) is 0 Å². The summed E-state index contributed by atoms with van der Waals surface area (Å²) in [7, 11) is -6.23. The normalized spacial score (nSPS) is 18.6. The van der Waals surface area contributed by atoms with E-state index in [0.717, 1.165) is 0 Å². The summed E-state index contributed by atoms with van der Waals surface area (Å²) in [4.78, 5) is -4.86. The highest BCUT2D eigenvalue weighted by atomic mass is 79.9. The SMILES string of the molecule is NS(=O)(=O)C(F)(F)C(F)(F)OC(F)(Br)C(F)(F)Br. The molecule has 0 radical (unpaired) electrons. The number of alkyl halides is 9. The van der Waals surface area contributed by atoms with Crippen LogP contribution >= 0.6 is 31.9 Å². The van der Waals surface area contributed by atoms with Gasteiger partial charge in [0.25, 0.3) is 10.0 Å². The number of hydrogen-bond acceptors (Lipinski definition) is 3. The topological polar surface area (TPSA) is 69.4 Å². The van der Waals surface area contributed by atoms with Gasteiger partial charge in [0, 0.05) is 0 Å². The van der Waals surface area contributed by atoms with Crippen molar-refractivity contribution in [1.82, 2.24) is 0 Å². The van der Waals surface area contributed by atoms with Gasteiger partial charge in [-0.05, 0) is 31.9 Å². The van der Waals surface area contributed by atoms with E-state index < -0.39 is 31.0 Å². The van der Waals surface area contributed by atoms with Crippen LogP contribution in [0.1, 0.15) is 0 Å². The van der Waals surface area contributed by atoms with Crippen LogP contribution in [-0.4, -0.2) is 29.4 Å². The summed E-state index contributed by atoms with van der Waals surface area (Å²) in [5, 5.41) is -2.37. The van der Waals surface area contributed by atoms with E-state index in [9.17, 15) is 39.2 Å². The van der Waals surface area contributed by atoms with Crippen molar-refractivity contribution >= 4 is 41.9 Å². The van der Waals surface area contributed by atoms with Gasteiger partial charge < -0.3 is 0 Å². The van der Waals surface area contributed by atoms with Crippen LogP contribution in [-0.2, 0) is 14.8 Å². The van der Waals surface area contributed by atoms with E-state index in [1.165, 1.54) is 31.9 Å². The van der Waals surface area contributed by atoms with Gasteiger partial charge in [-0.15, -0.1) is 0 Å². The number of primary sulfonamides is 1. The predicted molar refractivity (Wildman–Crippen MR) is 50.7 cm³/mol. The fourth-order valence-electron chi connectivity index (χ4n) is 0.444. The fraction of sp³-hybridized carbons (Fsp3) is 1.00. The highest BCUT2D eigenvalue weighted by Crippen LogP contribution is 2.50.